The standard InChI is InChI=1S/C29H29ClN6O4S/c1-29(2)27(37)26(35-28(33-19-32)34-22-10-8-21(30)9-11-22)24-18-23(12-13-25(24)40-29)41(38,39)36(17-15-31)16-14-20-6-4-3-5-7-20/h3-13,18,26-27,37H,14,16-17H2,1-2H3,(H2,33,34,35). The number of nitrogens with zero attached hydrogens (tertiary/aromatic N) is 4. The van der Waals surface area contributed by atoms with Crippen LogP contribution in [0.2, 0.25) is 5.02 Å². The zero-order chi connectivity index (χ0) is 29.6. The number of ether oxygens (including phenoxy) is 1. The molecule has 0 radical (unpaired) electrons. The summed E-state index contributed by atoms with van der Waals surface area (Å²) in [5.41, 5.74) is 0.754. The first-order valence-corrected chi connectivity index (χ1v) is 14.5. The maximum absolute atomic E-state index is 13.7. The van der Waals surface area contributed by atoms with Crippen molar-refractivity contribution in [1.29, 1.82) is 10.5 Å². The van der Waals surface area contributed by atoms with Gasteiger partial charge in [0.15, 0.2) is 6.19 Å². The van der Waals surface area contributed by atoms with Crippen molar-refractivity contribution in [3.8, 4) is 18.0 Å². The number of aliphatic hydroxyl groups excluding tert-OH is 1. The Balaban J connectivity index is 1.72. The Bertz CT molecular complexity index is 1600. The van der Waals surface area contributed by atoms with Gasteiger partial charge in [-0.25, -0.2) is 13.4 Å². The molecule has 0 amide bonds. The summed E-state index contributed by atoms with van der Waals surface area (Å²) in [7, 11) is -4.10. The van der Waals surface area contributed by atoms with Crippen LogP contribution in [0.3, 0.4) is 0 Å². The van der Waals surface area contributed by atoms with E-state index in [1.807, 2.05) is 42.6 Å². The first-order chi connectivity index (χ1) is 19.5. The van der Waals surface area contributed by atoms with E-state index in [2.05, 4.69) is 15.6 Å². The molecule has 0 aromatic heterocycles. The number of hydrogen-bond acceptors (Lipinski definition) is 7. The van der Waals surface area contributed by atoms with E-state index in [1.54, 1.807) is 38.1 Å². The van der Waals surface area contributed by atoms with E-state index in [9.17, 15) is 24.0 Å². The van der Waals surface area contributed by atoms with Gasteiger partial charge in [0, 0.05) is 22.8 Å². The van der Waals surface area contributed by atoms with Crippen molar-refractivity contribution in [3.63, 3.8) is 0 Å². The van der Waals surface area contributed by atoms with Gasteiger partial charge >= 0.3 is 0 Å². The molecule has 1 aliphatic heterocycles. The zero-order valence-electron chi connectivity index (χ0n) is 22.5. The normalized spacial score (nSPS) is 18.0. The summed E-state index contributed by atoms with van der Waals surface area (Å²) in [5, 5.41) is 36.0. The zero-order valence-corrected chi connectivity index (χ0v) is 24.0. The van der Waals surface area contributed by atoms with Crippen LogP contribution in [0.5, 0.6) is 5.75 Å². The number of guanidine groups is 1. The van der Waals surface area contributed by atoms with Gasteiger partial charge in [-0.15, -0.1) is 0 Å². The number of rotatable bonds is 8. The molecule has 212 valence electrons. The van der Waals surface area contributed by atoms with Crippen molar-refractivity contribution in [1.82, 2.24) is 9.62 Å². The number of halogens is 1. The summed E-state index contributed by atoms with van der Waals surface area (Å²) in [4.78, 5) is 4.52. The van der Waals surface area contributed by atoms with Crippen molar-refractivity contribution in [2.24, 2.45) is 4.99 Å². The molecule has 12 heteroatoms. The smallest absolute Gasteiger partial charge is 0.244 e. The van der Waals surface area contributed by atoms with Crippen LogP contribution in [0.25, 0.3) is 0 Å². The van der Waals surface area contributed by atoms with Crippen molar-refractivity contribution in [2.75, 3.05) is 18.4 Å². The molecule has 3 N–H and O–H groups in total. The third kappa shape index (κ3) is 6.96. The number of sulfonamides is 1. The highest BCUT2D eigenvalue weighted by molar-refractivity contribution is 7.89. The minimum Gasteiger partial charge on any atom is -0.485 e. The van der Waals surface area contributed by atoms with Gasteiger partial charge in [0.25, 0.3) is 0 Å². The Morgan fingerprint density at radius 3 is 2.49 bits per heavy atom. The molecule has 1 heterocycles. The third-order valence-corrected chi connectivity index (χ3v) is 8.70. The monoisotopic (exact) mass is 592 g/mol. The number of benzene rings is 3. The lowest BCUT2D eigenvalue weighted by Gasteiger charge is -2.40. The second-order valence-corrected chi connectivity index (χ2v) is 12.2. The molecule has 0 saturated heterocycles. The van der Waals surface area contributed by atoms with Gasteiger partial charge in [0.1, 0.15) is 30.0 Å². The predicted octanol–water partition coefficient (Wildman–Crippen LogP) is 4.21. The summed E-state index contributed by atoms with van der Waals surface area (Å²) in [6.45, 7) is 3.15. The molecule has 0 spiro atoms. The molecule has 3 aromatic carbocycles. The molecule has 0 fully saturated rings. The van der Waals surface area contributed by atoms with Gasteiger partial charge in [0.05, 0.1) is 11.0 Å². The summed E-state index contributed by atoms with van der Waals surface area (Å²) in [6, 6.07) is 21.4. The van der Waals surface area contributed by atoms with Crippen LogP contribution in [0.4, 0.5) is 5.69 Å². The Kier molecular flexibility index (Phi) is 9.16. The van der Waals surface area contributed by atoms with Gasteiger partial charge in [-0.1, -0.05) is 41.9 Å². The topological polar surface area (TPSA) is 151 Å². The Hall–Kier alpha value is -4.13. The van der Waals surface area contributed by atoms with Crippen LogP contribution < -0.4 is 15.4 Å². The lowest BCUT2D eigenvalue weighted by Crippen LogP contribution is -2.49. The minimum atomic E-state index is -4.10. The predicted molar refractivity (Wildman–Crippen MR) is 156 cm³/mol. The highest BCUT2D eigenvalue weighted by Crippen LogP contribution is 2.43. The van der Waals surface area contributed by atoms with E-state index in [0.717, 1.165) is 9.87 Å². The highest BCUT2D eigenvalue weighted by atomic mass is 35.5. The van der Waals surface area contributed by atoms with Gasteiger partial charge in [-0.2, -0.15) is 14.8 Å². The van der Waals surface area contributed by atoms with E-state index < -0.39 is 27.8 Å². The quantitative estimate of drug-likeness (QED) is 0.116. The molecule has 2 atom stereocenters. The Labute approximate surface area is 244 Å². The largest absolute Gasteiger partial charge is 0.485 e. The summed E-state index contributed by atoms with van der Waals surface area (Å²) in [6.07, 6.45) is 1.05. The van der Waals surface area contributed by atoms with Gasteiger partial charge < -0.3 is 15.2 Å². The minimum absolute atomic E-state index is 0.0322. The lowest BCUT2D eigenvalue weighted by atomic mass is 9.87. The second kappa shape index (κ2) is 12.6. The fourth-order valence-corrected chi connectivity index (χ4v) is 5.91. The van der Waals surface area contributed by atoms with E-state index in [4.69, 9.17) is 16.3 Å². The molecular formula is C29H29ClN6O4S. The van der Waals surface area contributed by atoms with Crippen LogP contribution in [-0.4, -0.2) is 48.6 Å². The van der Waals surface area contributed by atoms with Crippen LogP contribution >= 0.6 is 11.6 Å². The molecular weight excluding hydrogens is 564 g/mol. The van der Waals surface area contributed by atoms with Crippen LogP contribution in [0.15, 0.2) is 82.7 Å². The van der Waals surface area contributed by atoms with Crippen molar-refractivity contribution in [2.45, 2.75) is 42.9 Å². The summed E-state index contributed by atoms with van der Waals surface area (Å²) in [5.74, 6) is 0.372. The molecule has 2 unspecified atom stereocenters. The Morgan fingerprint density at radius 2 is 1.83 bits per heavy atom. The molecule has 41 heavy (non-hydrogen) atoms. The number of aliphatic imine (C=N–C) groups is 1. The van der Waals surface area contributed by atoms with Crippen LogP contribution in [0, 0.1) is 22.8 Å². The number of hydrogen-bond donors (Lipinski definition) is 3. The molecule has 1 aliphatic rings. The molecule has 0 aliphatic carbocycles. The first-order valence-electron chi connectivity index (χ1n) is 12.7. The Morgan fingerprint density at radius 1 is 1.12 bits per heavy atom. The van der Waals surface area contributed by atoms with Gasteiger partial charge in [-0.05, 0) is 68.3 Å². The average Bonchev–Trinajstić information content (AvgIpc) is 2.95. The average molecular weight is 593 g/mol. The first kappa shape index (κ1) is 29.8. The highest BCUT2D eigenvalue weighted by Gasteiger charge is 2.44. The SMILES string of the molecule is CC1(C)Oc2ccc(S(=O)(=O)N(CC#N)CCc3ccccc3)cc2C(N=C(NC#N)Nc2ccc(Cl)cc2)C1O. The van der Waals surface area contributed by atoms with E-state index >= 15 is 0 Å². The van der Waals surface area contributed by atoms with Gasteiger partial charge in [0.2, 0.25) is 16.0 Å². The number of aliphatic hydroxyl groups is 1. The van der Waals surface area contributed by atoms with Crippen LogP contribution in [-0.2, 0) is 16.4 Å². The molecule has 0 saturated carbocycles. The molecule has 4 rings (SSSR count). The number of anilines is 1. The number of nitriles is 2. The van der Waals surface area contributed by atoms with E-state index in [0.29, 0.717) is 28.4 Å². The number of nitrogens with one attached hydrogen (secondary N) is 2. The second-order valence-electron chi connectivity index (χ2n) is 9.87. The van der Waals surface area contributed by atoms with Crippen LogP contribution in [0.1, 0.15) is 31.0 Å². The van der Waals surface area contributed by atoms with Crippen molar-refractivity contribution >= 4 is 33.3 Å². The molecule has 10 nitrogen and oxygen atoms in total. The number of fused-ring (bicyclic) bond motifs is 1. The van der Waals surface area contributed by atoms with E-state index in [-0.39, 0.29) is 23.9 Å². The van der Waals surface area contributed by atoms with Crippen molar-refractivity contribution in [3.05, 3.63) is 88.9 Å². The summed E-state index contributed by atoms with van der Waals surface area (Å²) < 4.78 is 34.5. The third-order valence-electron chi connectivity index (χ3n) is 6.61. The maximum Gasteiger partial charge on any atom is 0.244 e. The molecule has 3 aromatic rings. The molecule has 0 bridgehead atoms. The fourth-order valence-electron chi connectivity index (χ4n) is 4.41. The lowest BCUT2D eigenvalue weighted by molar-refractivity contribution is -0.0568. The van der Waals surface area contributed by atoms with Gasteiger partial charge in [-0.3, -0.25) is 5.32 Å². The summed E-state index contributed by atoms with van der Waals surface area (Å²) >= 11 is 5.97. The van der Waals surface area contributed by atoms with E-state index in [1.165, 1.54) is 18.2 Å². The fraction of sp³-hybridized carbons (Fsp3) is 0.276. The van der Waals surface area contributed by atoms with Crippen molar-refractivity contribution < 1.29 is 18.3 Å². The maximum atomic E-state index is 13.7.